The smallest absolute Gasteiger partial charge is 0.261 e. The van der Waals surface area contributed by atoms with E-state index in [9.17, 15) is 17.6 Å². The fraction of sp³-hybridized carbons (Fsp3) is 0. The minimum absolute atomic E-state index is 0.0965. The molecule has 2 aromatic heterocycles. The number of H-pyrrole nitrogens is 1. The van der Waals surface area contributed by atoms with Crippen LogP contribution in [-0.2, 0) is 10.0 Å². The molecule has 1 amide bonds. The first-order valence-corrected chi connectivity index (χ1v) is 11.1. The summed E-state index contributed by atoms with van der Waals surface area (Å²) in [5.41, 5.74) is 1.13. The maximum Gasteiger partial charge on any atom is 0.261 e. The number of aromatic nitrogens is 2. The Labute approximate surface area is 175 Å². The van der Waals surface area contributed by atoms with Gasteiger partial charge < -0.3 is 5.32 Å². The van der Waals surface area contributed by atoms with E-state index < -0.39 is 21.7 Å². The summed E-state index contributed by atoms with van der Waals surface area (Å²) in [5, 5.41) is 11.5. The van der Waals surface area contributed by atoms with Gasteiger partial charge in [-0.05, 0) is 53.9 Å². The van der Waals surface area contributed by atoms with Crippen molar-refractivity contribution in [3.05, 3.63) is 83.5 Å². The molecule has 0 bridgehead atoms. The van der Waals surface area contributed by atoms with E-state index in [1.54, 1.807) is 6.07 Å². The zero-order chi connectivity index (χ0) is 21.1. The van der Waals surface area contributed by atoms with Gasteiger partial charge in [-0.2, -0.15) is 5.10 Å². The second-order valence-electron chi connectivity index (χ2n) is 6.24. The molecule has 0 unspecified atom stereocenters. The number of amides is 1. The van der Waals surface area contributed by atoms with Crippen LogP contribution < -0.4 is 10.0 Å². The summed E-state index contributed by atoms with van der Waals surface area (Å²) in [6.45, 7) is 0. The molecule has 0 aliphatic rings. The molecular weight excluding hydrogens is 427 g/mol. The quantitative estimate of drug-likeness (QED) is 0.413. The number of hydrogen-bond acceptors (Lipinski definition) is 5. The molecule has 0 atom stereocenters. The second kappa shape index (κ2) is 8.09. The van der Waals surface area contributed by atoms with E-state index in [4.69, 9.17) is 0 Å². The largest absolute Gasteiger partial charge is 0.305 e. The maximum atomic E-state index is 13.0. The third-order valence-electron chi connectivity index (χ3n) is 4.11. The van der Waals surface area contributed by atoms with E-state index in [0.717, 1.165) is 22.7 Å². The van der Waals surface area contributed by atoms with Crippen molar-refractivity contribution >= 4 is 38.8 Å². The van der Waals surface area contributed by atoms with Crippen LogP contribution in [0.25, 0.3) is 10.6 Å². The Hall–Kier alpha value is -3.50. The number of thiophene rings is 1. The summed E-state index contributed by atoms with van der Waals surface area (Å²) in [4.78, 5) is 13.4. The van der Waals surface area contributed by atoms with Crippen LogP contribution in [0, 0.1) is 5.82 Å². The molecule has 0 radical (unpaired) electrons. The van der Waals surface area contributed by atoms with Crippen LogP contribution in [0.5, 0.6) is 0 Å². The van der Waals surface area contributed by atoms with Gasteiger partial charge in [-0.25, -0.2) is 12.8 Å². The highest BCUT2D eigenvalue weighted by molar-refractivity contribution is 7.92. The first-order chi connectivity index (χ1) is 14.4. The number of rotatable bonds is 6. The van der Waals surface area contributed by atoms with Crippen molar-refractivity contribution in [3.8, 4) is 10.6 Å². The van der Waals surface area contributed by atoms with Crippen molar-refractivity contribution in [2.24, 2.45) is 0 Å². The van der Waals surface area contributed by atoms with Gasteiger partial charge in [0.05, 0.1) is 15.5 Å². The minimum atomic E-state index is -3.95. The van der Waals surface area contributed by atoms with Gasteiger partial charge in [0.1, 0.15) is 5.82 Å². The van der Waals surface area contributed by atoms with Gasteiger partial charge in [-0.3, -0.25) is 14.6 Å². The molecule has 0 spiro atoms. The number of nitrogens with one attached hydrogen (secondary N) is 3. The zero-order valence-electron chi connectivity index (χ0n) is 15.3. The molecule has 4 aromatic rings. The van der Waals surface area contributed by atoms with Crippen molar-refractivity contribution in [2.75, 3.05) is 10.0 Å². The molecule has 0 aliphatic heterocycles. The summed E-state index contributed by atoms with van der Waals surface area (Å²) in [6, 6.07) is 16.0. The lowest BCUT2D eigenvalue weighted by molar-refractivity contribution is 0.102. The lowest BCUT2D eigenvalue weighted by Gasteiger charge is -2.09. The summed E-state index contributed by atoms with van der Waals surface area (Å²) >= 11 is 1.53. The lowest BCUT2D eigenvalue weighted by Crippen LogP contribution is -2.16. The van der Waals surface area contributed by atoms with Crippen LogP contribution >= 0.6 is 11.3 Å². The number of sulfonamides is 1. The summed E-state index contributed by atoms with van der Waals surface area (Å²) in [6.07, 6.45) is 0. The van der Waals surface area contributed by atoms with Gasteiger partial charge in [0.25, 0.3) is 15.9 Å². The molecule has 10 heteroatoms. The lowest BCUT2D eigenvalue weighted by atomic mass is 10.2. The molecule has 0 saturated heterocycles. The van der Waals surface area contributed by atoms with Gasteiger partial charge in [-0.1, -0.05) is 12.1 Å². The van der Waals surface area contributed by atoms with Gasteiger partial charge >= 0.3 is 0 Å². The van der Waals surface area contributed by atoms with Gasteiger partial charge in [-0.15, -0.1) is 11.3 Å². The van der Waals surface area contributed by atoms with E-state index in [1.165, 1.54) is 47.7 Å². The molecular formula is C20H15FN4O3S2. The number of aromatic amines is 1. The SMILES string of the molecule is O=C(Nc1cc(-c2cccs2)[nH]n1)c1cccc(S(=O)(=O)Nc2ccc(F)cc2)c1. The highest BCUT2D eigenvalue weighted by Gasteiger charge is 2.17. The highest BCUT2D eigenvalue weighted by atomic mass is 32.2. The monoisotopic (exact) mass is 442 g/mol. The number of carbonyl (C=O) groups is 1. The Kier molecular flexibility index (Phi) is 5.34. The first-order valence-electron chi connectivity index (χ1n) is 8.70. The number of nitrogens with zero attached hydrogens (tertiary/aromatic N) is 1. The molecule has 7 nitrogen and oxygen atoms in total. The third kappa shape index (κ3) is 4.39. The van der Waals surface area contributed by atoms with E-state index >= 15 is 0 Å². The molecule has 30 heavy (non-hydrogen) atoms. The highest BCUT2D eigenvalue weighted by Crippen LogP contribution is 2.25. The Morgan fingerprint density at radius 1 is 1.03 bits per heavy atom. The molecule has 4 rings (SSSR count). The van der Waals surface area contributed by atoms with E-state index in [2.05, 4.69) is 20.2 Å². The van der Waals surface area contributed by atoms with Crippen LogP contribution in [0.15, 0.2) is 77.0 Å². The van der Waals surface area contributed by atoms with Crippen molar-refractivity contribution in [3.63, 3.8) is 0 Å². The second-order valence-corrected chi connectivity index (χ2v) is 8.87. The topological polar surface area (TPSA) is 104 Å². The predicted molar refractivity (Wildman–Crippen MR) is 114 cm³/mol. The fourth-order valence-corrected chi connectivity index (χ4v) is 4.47. The van der Waals surface area contributed by atoms with Crippen LogP contribution in [0.1, 0.15) is 10.4 Å². The number of anilines is 2. The summed E-state index contributed by atoms with van der Waals surface area (Å²) in [7, 11) is -3.95. The maximum absolute atomic E-state index is 13.0. The first kappa shape index (κ1) is 19.8. The Balaban J connectivity index is 1.51. The number of benzene rings is 2. The number of halogens is 1. The molecule has 152 valence electrons. The Morgan fingerprint density at radius 2 is 1.83 bits per heavy atom. The summed E-state index contributed by atoms with van der Waals surface area (Å²) < 4.78 is 40.6. The average molecular weight is 442 g/mol. The van der Waals surface area contributed by atoms with Crippen LogP contribution in [-0.4, -0.2) is 24.5 Å². The van der Waals surface area contributed by atoms with Gasteiger partial charge in [0, 0.05) is 17.3 Å². The van der Waals surface area contributed by atoms with Crippen LogP contribution in [0.4, 0.5) is 15.9 Å². The van der Waals surface area contributed by atoms with Crippen molar-refractivity contribution in [1.82, 2.24) is 10.2 Å². The fourth-order valence-electron chi connectivity index (χ4n) is 2.67. The number of carbonyl (C=O) groups excluding carboxylic acids is 1. The normalized spacial score (nSPS) is 11.2. The van der Waals surface area contributed by atoms with Crippen molar-refractivity contribution < 1.29 is 17.6 Å². The average Bonchev–Trinajstić information content (AvgIpc) is 3.41. The third-order valence-corrected chi connectivity index (χ3v) is 6.39. The van der Waals surface area contributed by atoms with Crippen LogP contribution in [0.2, 0.25) is 0 Å². The van der Waals surface area contributed by atoms with E-state index in [1.807, 2.05) is 17.5 Å². The summed E-state index contributed by atoms with van der Waals surface area (Å²) in [5.74, 6) is -0.656. The van der Waals surface area contributed by atoms with E-state index in [0.29, 0.717) is 5.82 Å². The zero-order valence-corrected chi connectivity index (χ0v) is 16.9. The molecule has 0 saturated carbocycles. The Morgan fingerprint density at radius 3 is 2.57 bits per heavy atom. The molecule has 2 aromatic carbocycles. The molecule has 0 fully saturated rings. The molecule has 3 N–H and O–H groups in total. The Bertz CT molecular complexity index is 1280. The minimum Gasteiger partial charge on any atom is -0.305 e. The predicted octanol–water partition coefficient (Wildman–Crippen LogP) is 4.33. The number of hydrogen-bond donors (Lipinski definition) is 3. The van der Waals surface area contributed by atoms with Crippen LogP contribution in [0.3, 0.4) is 0 Å². The van der Waals surface area contributed by atoms with Crippen molar-refractivity contribution in [2.45, 2.75) is 4.90 Å². The van der Waals surface area contributed by atoms with E-state index in [-0.39, 0.29) is 16.1 Å². The standard InChI is InChI=1S/C20H15FN4O3S2/c21-14-6-8-15(9-7-14)25-30(27,28)16-4-1-3-13(11-16)20(26)22-19-12-17(23-24-19)18-5-2-10-29-18/h1-12,25H,(H2,22,23,24,26). The van der Waals surface area contributed by atoms with Gasteiger partial charge in [0.15, 0.2) is 5.82 Å². The molecule has 2 heterocycles. The van der Waals surface area contributed by atoms with Crippen molar-refractivity contribution in [1.29, 1.82) is 0 Å². The molecule has 0 aliphatic carbocycles. The van der Waals surface area contributed by atoms with Gasteiger partial charge in [0.2, 0.25) is 0 Å².